The lowest BCUT2D eigenvalue weighted by atomic mass is 9.64. The molecule has 0 amide bonds. The fourth-order valence-corrected chi connectivity index (χ4v) is 3.54. The van der Waals surface area contributed by atoms with Crippen LogP contribution in [0.5, 0.6) is 5.75 Å². The van der Waals surface area contributed by atoms with Gasteiger partial charge in [0.25, 0.3) is 0 Å². The van der Waals surface area contributed by atoms with E-state index >= 15 is 0 Å². The summed E-state index contributed by atoms with van der Waals surface area (Å²) in [5.74, 6) is -0.833. The topological polar surface area (TPSA) is 59.4 Å². The van der Waals surface area contributed by atoms with E-state index in [1.54, 1.807) is 31.3 Å². The number of aryl methyl sites for hydroxylation is 2. The number of benzene rings is 1. The number of hydrogen-bond donors (Lipinski definition) is 1. The van der Waals surface area contributed by atoms with Crippen molar-refractivity contribution in [3.63, 3.8) is 0 Å². The molecule has 0 radical (unpaired) electrons. The van der Waals surface area contributed by atoms with Crippen molar-refractivity contribution in [3.8, 4) is 17.0 Å². The molecular formula is C21H22F3NO3. The molecular weight excluding hydrogens is 371 g/mol. The highest BCUT2D eigenvalue weighted by Crippen LogP contribution is 2.47. The maximum absolute atomic E-state index is 12.7. The van der Waals surface area contributed by atoms with Gasteiger partial charge in [0.15, 0.2) is 6.61 Å². The molecule has 2 aromatic rings. The number of nitrogens with zero attached hydrogens (tertiary/aromatic N) is 1. The summed E-state index contributed by atoms with van der Waals surface area (Å²) < 4.78 is 43.3. The van der Waals surface area contributed by atoms with E-state index in [0.717, 1.165) is 18.4 Å². The fourth-order valence-electron chi connectivity index (χ4n) is 3.54. The zero-order valence-corrected chi connectivity index (χ0v) is 15.8. The summed E-state index contributed by atoms with van der Waals surface area (Å²) in [6.07, 6.45) is -0.208. The number of halogens is 3. The zero-order valence-electron chi connectivity index (χ0n) is 15.8. The molecule has 1 aliphatic rings. The Morgan fingerprint density at radius 2 is 2.00 bits per heavy atom. The standard InChI is InChI=1S/C21H22F3NO3/c1-3-14-5-6-17(25-11-14)16-10-15(20(19(26)27)7-4-8-20)9-13(2)18(16)28-12-21(22,23)24/h5-6,9-11H,3-4,7-8,12H2,1-2H3,(H,26,27). The Morgan fingerprint density at radius 1 is 1.29 bits per heavy atom. The Hall–Kier alpha value is -2.57. The number of carbonyl (C=O) groups is 1. The Kier molecular flexibility index (Phi) is 5.37. The molecule has 0 spiro atoms. The van der Waals surface area contributed by atoms with E-state index < -0.39 is 24.2 Å². The number of alkyl halides is 3. The van der Waals surface area contributed by atoms with Gasteiger partial charge in [-0.05, 0) is 55.0 Å². The molecule has 1 N–H and O–H groups in total. The maximum Gasteiger partial charge on any atom is 0.422 e. The van der Waals surface area contributed by atoms with Gasteiger partial charge in [0.1, 0.15) is 5.75 Å². The molecule has 0 aliphatic heterocycles. The van der Waals surface area contributed by atoms with Crippen LogP contribution in [0.25, 0.3) is 11.3 Å². The highest BCUT2D eigenvalue weighted by atomic mass is 19.4. The largest absolute Gasteiger partial charge is 0.483 e. The Balaban J connectivity index is 2.12. The Morgan fingerprint density at radius 3 is 2.46 bits per heavy atom. The summed E-state index contributed by atoms with van der Waals surface area (Å²) in [5, 5.41) is 9.74. The van der Waals surface area contributed by atoms with Gasteiger partial charge in [-0.3, -0.25) is 9.78 Å². The van der Waals surface area contributed by atoms with Crippen LogP contribution >= 0.6 is 0 Å². The van der Waals surface area contributed by atoms with Crippen molar-refractivity contribution in [1.29, 1.82) is 0 Å². The highest BCUT2D eigenvalue weighted by Gasteiger charge is 2.46. The first kappa shape index (κ1) is 20.2. The van der Waals surface area contributed by atoms with Gasteiger partial charge in [0.05, 0.1) is 11.1 Å². The average molecular weight is 393 g/mol. The van der Waals surface area contributed by atoms with E-state index in [9.17, 15) is 23.1 Å². The average Bonchev–Trinajstić information content (AvgIpc) is 2.58. The quantitative estimate of drug-likeness (QED) is 0.745. The summed E-state index contributed by atoms with van der Waals surface area (Å²) >= 11 is 0. The van der Waals surface area contributed by atoms with E-state index in [1.165, 1.54) is 0 Å². The van der Waals surface area contributed by atoms with Crippen molar-refractivity contribution in [2.24, 2.45) is 0 Å². The van der Waals surface area contributed by atoms with Crippen molar-refractivity contribution >= 4 is 5.97 Å². The van der Waals surface area contributed by atoms with Gasteiger partial charge >= 0.3 is 12.1 Å². The van der Waals surface area contributed by atoms with Crippen molar-refractivity contribution < 1.29 is 27.8 Å². The molecule has 1 fully saturated rings. The summed E-state index contributed by atoms with van der Waals surface area (Å²) in [6, 6.07) is 6.84. The summed E-state index contributed by atoms with van der Waals surface area (Å²) in [5.41, 5.74) is 1.89. The lowest BCUT2D eigenvalue weighted by Crippen LogP contribution is -2.42. The molecule has 150 valence electrons. The predicted octanol–water partition coefficient (Wildman–Crippen LogP) is 5.07. The summed E-state index contributed by atoms with van der Waals surface area (Å²) in [4.78, 5) is 16.3. The van der Waals surface area contributed by atoms with Crippen molar-refractivity contribution in [1.82, 2.24) is 4.98 Å². The van der Waals surface area contributed by atoms with Gasteiger partial charge in [0, 0.05) is 11.8 Å². The summed E-state index contributed by atoms with van der Waals surface area (Å²) in [7, 11) is 0. The first-order chi connectivity index (χ1) is 13.2. The van der Waals surface area contributed by atoms with E-state index in [4.69, 9.17) is 4.74 Å². The third kappa shape index (κ3) is 3.84. The number of aromatic nitrogens is 1. The van der Waals surface area contributed by atoms with Crippen molar-refractivity contribution in [2.45, 2.75) is 51.1 Å². The maximum atomic E-state index is 12.7. The molecule has 0 unspecified atom stereocenters. The molecule has 1 heterocycles. The molecule has 0 bridgehead atoms. The molecule has 4 nitrogen and oxygen atoms in total. The van der Waals surface area contributed by atoms with Gasteiger partial charge in [-0.1, -0.05) is 25.5 Å². The van der Waals surface area contributed by atoms with Gasteiger partial charge in [-0.25, -0.2) is 0 Å². The molecule has 0 atom stereocenters. The van der Waals surface area contributed by atoms with Crippen LogP contribution < -0.4 is 4.74 Å². The predicted molar refractivity (Wildman–Crippen MR) is 98.5 cm³/mol. The number of aliphatic carboxylic acids is 1. The van der Waals surface area contributed by atoms with Crippen molar-refractivity contribution in [2.75, 3.05) is 6.61 Å². The van der Waals surface area contributed by atoms with Crippen LogP contribution in [0, 0.1) is 6.92 Å². The number of rotatable bonds is 6. The van der Waals surface area contributed by atoms with Gasteiger partial charge in [-0.2, -0.15) is 13.2 Å². The van der Waals surface area contributed by atoms with Crippen LogP contribution in [0.4, 0.5) is 13.2 Å². The first-order valence-corrected chi connectivity index (χ1v) is 9.19. The summed E-state index contributed by atoms with van der Waals surface area (Å²) in [6.45, 7) is 2.19. The van der Waals surface area contributed by atoms with Gasteiger partial charge in [0.2, 0.25) is 0 Å². The lowest BCUT2D eigenvalue weighted by Gasteiger charge is -2.38. The van der Waals surface area contributed by atoms with Crippen LogP contribution in [0.2, 0.25) is 0 Å². The minimum Gasteiger partial charge on any atom is -0.483 e. The second-order valence-electron chi connectivity index (χ2n) is 7.22. The van der Waals surface area contributed by atoms with E-state index in [-0.39, 0.29) is 5.75 Å². The minimum absolute atomic E-state index is 0.0812. The second-order valence-corrected chi connectivity index (χ2v) is 7.22. The molecule has 28 heavy (non-hydrogen) atoms. The number of hydrogen-bond acceptors (Lipinski definition) is 3. The fraction of sp³-hybridized carbons (Fsp3) is 0.429. The van der Waals surface area contributed by atoms with Crippen LogP contribution in [-0.2, 0) is 16.6 Å². The molecule has 7 heteroatoms. The van der Waals surface area contributed by atoms with Crippen LogP contribution in [0.3, 0.4) is 0 Å². The van der Waals surface area contributed by atoms with E-state index in [1.807, 2.05) is 13.0 Å². The molecule has 1 aliphatic carbocycles. The number of carboxylic acid groups (broad SMARTS) is 1. The molecule has 1 aromatic heterocycles. The lowest BCUT2D eigenvalue weighted by molar-refractivity contribution is -0.153. The third-order valence-electron chi connectivity index (χ3n) is 5.33. The van der Waals surface area contributed by atoms with Crippen LogP contribution in [-0.4, -0.2) is 28.8 Å². The van der Waals surface area contributed by atoms with Gasteiger partial charge < -0.3 is 9.84 Å². The molecule has 1 aromatic carbocycles. The van der Waals surface area contributed by atoms with Crippen LogP contribution in [0.1, 0.15) is 42.9 Å². The Labute approximate surface area is 161 Å². The molecule has 1 saturated carbocycles. The van der Waals surface area contributed by atoms with Gasteiger partial charge in [-0.15, -0.1) is 0 Å². The SMILES string of the molecule is CCc1ccc(-c2cc(C3(C(=O)O)CCC3)cc(C)c2OCC(F)(F)F)nc1. The first-order valence-electron chi connectivity index (χ1n) is 9.19. The minimum atomic E-state index is -4.47. The number of pyridine rings is 1. The van der Waals surface area contributed by atoms with Crippen molar-refractivity contribution in [3.05, 3.63) is 47.2 Å². The molecule has 0 saturated heterocycles. The third-order valence-corrected chi connectivity index (χ3v) is 5.33. The normalized spacial score (nSPS) is 15.8. The Bertz CT molecular complexity index is 872. The highest BCUT2D eigenvalue weighted by molar-refractivity contribution is 5.84. The second kappa shape index (κ2) is 7.45. The number of ether oxygens (including phenoxy) is 1. The smallest absolute Gasteiger partial charge is 0.422 e. The number of carboxylic acids is 1. The van der Waals surface area contributed by atoms with E-state index in [0.29, 0.717) is 35.2 Å². The monoisotopic (exact) mass is 393 g/mol. The zero-order chi connectivity index (χ0) is 20.5. The van der Waals surface area contributed by atoms with E-state index in [2.05, 4.69) is 4.98 Å². The molecule has 3 rings (SSSR count). The van der Waals surface area contributed by atoms with Crippen LogP contribution in [0.15, 0.2) is 30.5 Å².